The molecule has 8 heteroatoms. The first-order valence-corrected chi connectivity index (χ1v) is 7.82. The molecular weight excluding hydrogens is 354 g/mol. The van der Waals surface area contributed by atoms with E-state index in [1.54, 1.807) is 18.2 Å². The number of ether oxygens (including phenoxy) is 2. The monoisotopic (exact) mass is 374 g/mol. The van der Waals surface area contributed by atoms with E-state index < -0.39 is 11.6 Å². The van der Waals surface area contributed by atoms with Crippen molar-refractivity contribution >= 4 is 23.8 Å². The summed E-state index contributed by atoms with van der Waals surface area (Å²) in [6, 6.07) is 7.08. The van der Waals surface area contributed by atoms with E-state index in [0.717, 1.165) is 12.1 Å². The minimum atomic E-state index is -1.01. The number of nitrogens with one attached hydrogen (secondary N) is 1. The van der Waals surface area contributed by atoms with Crippen molar-refractivity contribution in [2.75, 3.05) is 32.3 Å². The van der Waals surface area contributed by atoms with Crippen molar-refractivity contribution in [3.63, 3.8) is 0 Å². The molecule has 0 aromatic heterocycles. The number of hydrogen-bond acceptors (Lipinski definition) is 6. The molecule has 6 nitrogen and oxygen atoms in total. The zero-order valence-electron chi connectivity index (χ0n) is 15.2. The number of halogens is 2. The van der Waals surface area contributed by atoms with Gasteiger partial charge in [0.1, 0.15) is 17.3 Å². The van der Waals surface area contributed by atoms with Crippen LogP contribution in [0.5, 0.6) is 11.5 Å². The topological polar surface area (TPSA) is 81.2 Å². The third-order valence-corrected chi connectivity index (χ3v) is 3.71. The summed E-state index contributed by atoms with van der Waals surface area (Å²) in [4.78, 5) is 8.01. The second kappa shape index (κ2) is 8.79. The van der Waals surface area contributed by atoms with Crippen LogP contribution < -0.4 is 20.5 Å². The normalized spacial score (nSPS) is 11.9. The van der Waals surface area contributed by atoms with Crippen molar-refractivity contribution in [1.29, 1.82) is 0 Å². The van der Waals surface area contributed by atoms with E-state index >= 15 is 0 Å². The van der Waals surface area contributed by atoms with Crippen LogP contribution in [0.4, 0.5) is 20.2 Å². The predicted molar refractivity (Wildman–Crippen MR) is 104 cm³/mol. The molecule has 0 amide bonds. The summed E-state index contributed by atoms with van der Waals surface area (Å²) in [6.07, 6.45) is 1.53. The van der Waals surface area contributed by atoms with Crippen LogP contribution in [0.25, 0.3) is 0 Å². The van der Waals surface area contributed by atoms with E-state index in [9.17, 15) is 8.78 Å². The largest absolute Gasteiger partial charge is 0.496 e. The molecule has 0 aliphatic carbocycles. The molecule has 0 bridgehead atoms. The fourth-order valence-corrected chi connectivity index (χ4v) is 2.37. The number of nitrogen functional groups attached to an aromatic ring is 1. The summed E-state index contributed by atoms with van der Waals surface area (Å²) >= 11 is 0. The van der Waals surface area contributed by atoms with Crippen LogP contribution in [-0.4, -0.2) is 33.7 Å². The van der Waals surface area contributed by atoms with Crippen LogP contribution in [-0.2, 0) is 0 Å². The Labute approximate surface area is 156 Å². The van der Waals surface area contributed by atoms with Crippen LogP contribution in [0.15, 0.2) is 52.2 Å². The lowest BCUT2D eigenvalue weighted by Gasteiger charge is -2.12. The summed E-state index contributed by atoms with van der Waals surface area (Å²) in [5.41, 5.74) is 7.56. The molecule has 0 saturated carbocycles. The number of allylic oxidation sites excluding steroid dienone is 1. The van der Waals surface area contributed by atoms with Gasteiger partial charge in [-0.1, -0.05) is 0 Å². The molecule has 0 fully saturated rings. The van der Waals surface area contributed by atoms with Gasteiger partial charge in [-0.15, -0.1) is 0 Å². The number of nitrogens with two attached hydrogens (primary N) is 1. The highest BCUT2D eigenvalue weighted by Crippen LogP contribution is 2.26. The average Bonchev–Trinajstić information content (AvgIpc) is 2.67. The molecule has 27 heavy (non-hydrogen) atoms. The molecule has 0 unspecified atom stereocenters. The lowest BCUT2D eigenvalue weighted by Crippen LogP contribution is -2.07. The fourth-order valence-electron chi connectivity index (χ4n) is 2.37. The number of methoxy groups -OCH3 is 2. The summed E-state index contributed by atoms with van der Waals surface area (Å²) in [5.74, 6) is -1.01. The first-order chi connectivity index (χ1) is 12.9. The maximum atomic E-state index is 13.7. The summed E-state index contributed by atoms with van der Waals surface area (Å²) in [7, 11) is 4.39. The van der Waals surface area contributed by atoms with Crippen molar-refractivity contribution in [1.82, 2.24) is 0 Å². The lowest BCUT2D eigenvalue weighted by atomic mass is 10.1. The van der Waals surface area contributed by atoms with Gasteiger partial charge in [-0.2, -0.15) is 0 Å². The highest BCUT2D eigenvalue weighted by molar-refractivity contribution is 6.11. The van der Waals surface area contributed by atoms with Gasteiger partial charge in [0, 0.05) is 30.4 Å². The van der Waals surface area contributed by atoms with Crippen LogP contribution in [0.2, 0.25) is 0 Å². The van der Waals surface area contributed by atoms with Gasteiger partial charge in [0.2, 0.25) is 0 Å². The molecule has 0 radical (unpaired) electrons. The third kappa shape index (κ3) is 4.60. The second-order valence-electron chi connectivity index (χ2n) is 5.34. The smallest absolute Gasteiger partial charge is 0.162 e. The Balaban J connectivity index is 2.39. The van der Waals surface area contributed by atoms with Crippen LogP contribution in [0.1, 0.15) is 5.56 Å². The molecule has 2 aromatic carbocycles. The highest BCUT2D eigenvalue weighted by Gasteiger charge is 2.14. The van der Waals surface area contributed by atoms with Crippen LogP contribution in [0.3, 0.4) is 0 Å². The van der Waals surface area contributed by atoms with E-state index in [0.29, 0.717) is 28.7 Å². The Morgan fingerprint density at radius 2 is 1.78 bits per heavy atom. The van der Waals surface area contributed by atoms with Gasteiger partial charge < -0.3 is 20.5 Å². The number of hydrogen-bond donors (Lipinski definition) is 2. The quantitative estimate of drug-likeness (QED) is 0.573. The zero-order chi connectivity index (χ0) is 20.0. The Morgan fingerprint density at radius 3 is 2.33 bits per heavy atom. The van der Waals surface area contributed by atoms with Gasteiger partial charge in [-0.3, -0.25) is 4.99 Å². The maximum Gasteiger partial charge on any atom is 0.162 e. The molecular formula is C19H20F2N4O2. The summed E-state index contributed by atoms with van der Waals surface area (Å²) in [5, 5.41) is 3.03. The van der Waals surface area contributed by atoms with Gasteiger partial charge >= 0.3 is 0 Å². The minimum Gasteiger partial charge on any atom is -0.496 e. The van der Waals surface area contributed by atoms with E-state index in [4.69, 9.17) is 15.2 Å². The van der Waals surface area contributed by atoms with E-state index in [2.05, 4.69) is 22.0 Å². The number of nitrogens with zero attached hydrogens (tertiary/aromatic N) is 2. The average molecular weight is 374 g/mol. The SMILES string of the molecule is C=N/C(=C\C(=N/C)c1cc(F)c(F)cc1OC)Nc1ccc(OC)c(N)c1. The maximum absolute atomic E-state index is 13.7. The first kappa shape index (κ1) is 19.9. The molecule has 142 valence electrons. The Bertz CT molecular complexity index is 911. The molecule has 3 N–H and O–H groups in total. The van der Waals surface area contributed by atoms with Crippen LogP contribution in [0, 0.1) is 11.6 Å². The summed E-state index contributed by atoms with van der Waals surface area (Å²) in [6.45, 7) is 3.51. The van der Waals surface area contributed by atoms with E-state index in [1.807, 2.05) is 0 Å². The van der Waals surface area contributed by atoms with Crippen molar-refractivity contribution in [2.45, 2.75) is 0 Å². The summed E-state index contributed by atoms with van der Waals surface area (Å²) < 4.78 is 37.4. The Kier molecular flexibility index (Phi) is 6.48. The van der Waals surface area contributed by atoms with Gasteiger partial charge in [0.25, 0.3) is 0 Å². The van der Waals surface area contributed by atoms with Crippen molar-refractivity contribution in [2.24, 2.45) is 9.98 Å². The highest BCUT2D eigenvalue weighted by atomic mass is 19.2. The fraction of sp³-hybridized carbons (Fsp3) is 0.158. The minimum absolute atomic E-state index is 0.142. The molecule has 0 aliphatic rings. The standard InChI is InChI=1S/C19H20F2N4O2/c1-23-16(12-8-13(20)14(21)9-18(12)27-4)10-19(24-2)25-11-5-6-17(26-3)15(22)7-11/h5-10,25H,2,22H2,1,3-4H3/b19-10+,23-16+. The van der Waals surface area contributed by atoms with Crippen molar-refractivity contribution in [3.8, 4) is 11.5 Å². The molecule has 0 heterocycles. The second-order valence-corrected chi connectivity index (χ2v) is 5.34. The molecule has 2 rings (SSSR count). The zero-order valence-corrected chi connectivity index (χ0v) is 15.2. The van der Waals surface area contributed by atoms with Gasteiger partial charge in [0.15, 0.2) is 11.6 Å². The lowest BCUT2D eigenvalue weighted by molar-refractivity contribution is 0.405. The molecule has 0 aliphatic heterocycles. The van der Waals surface area contributed by atoms with Gasteiger partial charge in [-0.25, -0.2) is 13.8 Å². The van der Waals surface area contributed by atoms with E-state index in [1.165, 1.54) is 27.3 Å². The molecule has 2 aromatic rings. The molecule has 0 saturated heterocycles. The van der Waals surface area contributed by atoms with Gasteiger partial charge in [0.05, 0.1) is 25.6 Å². The number of benzene rings is 2. The number of aliphatic imine (C=N–C) groups is 2. The van der Waals surface area contributed by atoms with Crippen molar-refractivity contribution < 1.29 is 18.3 Å². The van der Waals surface area contributed by atoms with Crippen molar-refractivity contribution in [3.05, 3.63) is 59.4 Å². The van der Waals surface area contributed by atoms with Gasteiger partial charge in [-0.05, 0) is 31.0 Å². The molecule has 0 atom stereocenters. The molecule has 0 spiro atoms. The predicted octanol–water partition coefficient (Wildman–Crippen LogP) is 3.64. The van der Waals surface area contributed by atoms with E-state index in [-0.39, 0.29) is 11.3 Å². The van der Waals surface area contributed by atoms with Crippen LogP contribution >= 0.6 is 0 Å². The first-order valence-electron chi connectivity index (χ1n) is 7.82. The third-order valence-electron chi connectivity index (χ3n) is 3.71. The Morgan fingerprint density at radius 1 is 1.11 bits per heavy atom. The Hall–Kier alpha value is -3.42. The number of rotatable bonds is 7. The number of anilines is 2.